The minimum absolute atomic E-state index is 0.246. The van der Waals surface area contributed by atoms with Crippen LogP contribution in [0.1, 0.15) is 54.4 Å². The van der Waals surface area contributed by atoms with E-state index in [1.54, 1.807) is 0 Å². The Balaban J connectivity index is 1.42. The fraction of sp³-hybridized carbons (Fsp3) is 0.650. The molecule has 2 saturated heterocycles. The minimum atomic E-state index is -0.324. The van der Waals surface area contributed by atoms with E-state index in [9.17, 15) is 4.79 Å². The van der Waals surface area contributed by atoms with E-state index in [0.29, 0.717) is 5.78 Å². The summed E-state index contributed by atoms with van der Waals surface area (Å²) in [6, 6.07) is 8.19. The van der Waals surface area contributed by atoms with Crippen LogP contribution in [0.15, 0.2) is 24.3 Å². The zero-order chi connectivity index (χ0) is 16.4. The van der Waals surface area contributed by atoms with Gasteiger partial charge < -0.3 is 9.47 Å². The van der Waals surface area contributed by atoms with E-state index in [1.807, 2.05) is 12.1 Å². The van der Waals surface area contributed by atoms with Crippen molar-refractivity contribution in [3.63, 3.8) is 0 Å². The molecule has 1 aromatic rings. The lowest BCUT2D eigenvalue weighted by atomic mass is 9.92. The Kier molecular flexibility index (Phi) is 4.70. The highest BCUT2D eigenvalue weighted by atomic mass is 16.7. The molecule has 0 amide bonds. The van der Waals surface area contributed by atoms with Gasteiger partial charge in [-0.25, -0.2) is 0 Å². The molecule has 130 valence electrons. The van der Waals surface area contributed by atoms with Crippen LogP contribution in [-0.4, -0.2) is 42.8 Å². The van der Waals surface area contributed by atoms with Gasteiger partial charge in [-0.2, -0.15) is 0 Å². The van der Waals surface area contributed by atoms with Crippen molar-refractivity contribution in [2.24, 2.45) is 5.92 Å². The Hall–Kier alpha value is -1.23. The molecule has 2 aliphatic heterocycles. The van der Waals surface area contributed by atoms with Crippen LogP contribution < -0.4 is 0 Å². The second-order valence-corrected chi connectivity index (χ2v) is 7.39. The number of carbonyl (C=O) groups excluding carboxylic acids is 1. The summed E-state index contributed by atoms with van der Waals surface area (Å²) in [6.45, 7) is 4.22. The standard InChI is InChI=1S/C20H27NO3/c22-19(16-5-1-2-6-16)18-8-4-3-7-17(18)15-21-11-9-20(10-12-21)23-13-14-24-20/h3-4,7-8,16H,1-2,5-6,9-15H2. The number of hydrogen-bond donors (Lipinski definition) is 0. The molecule has 4 rings (SSSR count). The molecule has 4 heteroatoms. The van der Waals surface area contributed by atoms with Crippen molar-refractivity contribution in [3.8, 4) is 0 Å². The molecule has 0 atom stereocenters. The largest absolute Gasteiger partial charge is 0.347 e. The van der Waals surface area contributed by atoms with Crippen LogP contribution in [0, 0.1) is 5.92 Å². The third kappa shape index (κ3) is 3.28. The second kappa shape index (κ2) is 6.95. The number of likely N-dealkylation sites (tertiary alicyclic amines) is 1. The van der Waals surface area contributed by atoms with Crippen LogP contribution in [0.3, 0.4) is 0 Å². The lowest BCUT2D eigenvalue weighted by molar-refractivity contribution is -0.185. The smallest absolute Gasteiger partial charge is 0.170 e. The molecule has 0 unspecified atom stereocenters. The zero-order valence-electron chi connectivity index (χ0n) is 14.3. The van der Waals surface area contributed by atoms with Crippen molar-refractivity contribution >= 4 is 5.78 Å². The van der Waals surface area contributed by atoms with Gasteiger partial charge in [0.2, 0.25) is 0 Å². The molecule has 0 bridgehead atoms. The van der Waals surface area contributed by atoms with Gasteiger partial charge in [0.15, 0.2) is 11.6 Å². The van der Waals surface area contributed by atoms with Crippen molar-refractivity contribution < 1.29 is 14.3 Å². The Labute approximate surface area is 144 Å². The number of ketones is 1. The Morgan fingerprint density at radius 1 is 1.08 bits per heavy atom. The van der Waals surface area contributed by atoms with Crippen molar-refractivity contribution in [2.45, 2.75) is 50.9 Å². The molecular formula is C20H27NO3. The number of carbonyl (C=O) groups is 1. The number of ether oxygens (including phenoxy) is 2. The number of piperidine rings is 1. The molecule has 3 fully saturated rings. The number of Topliss-reactive ketones (excluding diaryl/α,β-unsaturated/α-hetero) is 1. The molecule has 0 radical (unpaired) electrons. The fourth-order valence-electron chi connectivity index (χ4n) is 4.38. The molecule has 3 aliphatic rings. The van der Waals surface area contributed by atoms with Crippen LogP contribution in [0.4, 0.5) is 0 Å². The third-order valence-corrected chi connectivity index (χ3v) is 5.83. The van der Waals surface area contributed by atoms with Gasteiger partial charge in [-0.1, -0.05) is 37.1 Å². The molecule has 24 heavy (non-hydrogen) atoms. The van der Waals surface area contributed by atoms with E-state index in [-0.39, 0.29) is 11.7 Å². The van der Waals surface area contributed by atoms with Crippen LogP contribution in [0.2, 0.25) is 0 Å². The monoisotopic (exact) mass is 329 g/mol. The highest BCUT2D eigenvalue weighted by molar-refractivity contribution is 5.99. The summed E-state index contributed by atoms with van der Waals surface area (Å²) in [5, 5.41) is 0. The minimum Gasteiger partial charge on any atom is -0.347 e. The first-order valence-electron chi connectivity index (χ1n) is 9.38. The number of nitrogens with zero attached hydrogens (tertiary/aromatic N) is 1. The van der Waals surface area contributed by atoms with Crippen molar-refractivity contribution in [2.75, 3.05) is 26.3 Å². The average Bonchev–Trinajstić information content (AvgIpc) is 3.30. The number of benzene rings is 1. The second-order valence-electron chi connectivity index (χ2n) is 7.39. The quantitative estimate of drug-likeness (QED) is 0.794. The van der Waals surface area contributed by atoms with E-state index in [4.69, 9.17) is 9.47 Å². The molecule has 0 aromatic heterocycles. The summed E-state index contributed by atoms with van der Waals surface area (Å²) in [4.78, 5) is 15.3. The maximum atomic E-state index is 12.9. The topological polar surface area (TPSA) is 38.8 Å². The van der Waals surface area contributed by atoms with Crippen molar-refractivity contribution in [1.29, 1.82) is 0 Å². The normalized spacial score (nSPS) is 24.7. The summed E-state index contributed by atoms with van der Waals surface area (Å²) in [6.07, 6.45) is 6.37. The van der Waals surface area contributed by atoms with Crippen molar-refractivity contribution in [1.82, 2.24) is 4.90 Å². The predicted octanol–water partition coefficient (Wildman–Crippen LogP) is 3.40. The maximum absolute atomic E-state index is 12.9. The zero-order valence-corrected chi connectivity index (χ0v) is 14.3. The molecule has 1 saturated carbocycles. The SMILES string of the molecule is O=C(c1ccccc1CN1CCC2(CC1)OCCO2)C1CCCC1. The van der Waals surface area contributed by atoms with Crippen LogP contribution in [0.25, 0.3) is 0 Å². The fourth-order valence-corrected chi connectivity index (χ4v) is 4.38. The summed E-state index contributed by atoms with van der Waals surface area (Å²) >= 11 is 0. The third-order valence-electron chi connectivity index (χ3n) is 5.83. The van der Waals surface area contributed by atoms with Crippen molar-refractivity contribution in [3.05, 3.63) is 35.4 Å². The molecule has 0 N–H and O–H groups in total. The van der Waals surface area contributed by atoms with Gasteiger partial charge in [0.05, 0.1) is 13.2 Å². The molecule has 1 spiro atoms. The lowest BCUT2D eigenvalue weighted by Gasteiger charge is -2.37. The number of rotatable bonds is 4. The molecule has 4 nitrogen and oxygen atoms in total. The summed E-state index contributed by atoms with van der Waals surface area (Å²) in [5.74, 6) is 0.283. The number of hydrogen-bond acceptors (Lipinski definition) is 4. The van der Waals surface area contributed by atoms with Crippen LogP contribution >= 0.6 is 0 Å². The Bertz CT molecular complexity index is 578. The van der Waals surface area contributed by atoms with Crippen LogP contribution in [-0.2, 0) is 16.0 Å². The molecule has 1 aromatic carbocycles. The molecule has 2 heterocycles. The predicted molar refractivity (Wildman–Crippen MR) is 91.9 cm³/mol. The van der Waals surface area contributed by atoms with E-state index in [1.165, 1.54) is 18.4 Å². The van der Waals surface area contributed by atoms with Gasteiger partial charge in [-0.05, 0) is 18.4 Å². The lowest BCUT2D eigenvalue weighted by Crippen LogP contribution is -2.44. The molecule has 1 aliphatic carbocycles. The van der Waals surface area contributed by atoms with Crippen LogP contribution in [0.5, 0.6) is 0 Å². The Morgan fingerprint density at radius 2 is 1.75 bits per heavy atom. The average molecular weight is 329 g/mol. The maximum Gasteiger partial charge on any atom is 0.170 e. The van der Waals surface area contributed by atoms with E-state index in [0.717, 1.165) is 64.1 Å². The molecular weight excluding hydrogens is 302 g/mol. The van der Waals surface area contributed by atoms with Gasteiger partial charge in [0, 0.05) is 44.0 Å². The van der Waals surface area contributed by atoms with Gasteiger partial charge in [0.1, 0.15) is 0 Å². The highest BCUT2D eigenvalue weighted by Gasteiger charge is 2.39. The summed E-state index contributed by atoms with van der Waals surface area (Å²) in [7, 11) is 0. The first kappa shape index (κ1) is 16.2. The van der Waals surface area contributed by atoms with E-state index in [2.05, 4.69) is 17.0 Å². The van der Waals surface area contributed by atoms with Gasteiger partial charge >= 0.3 is 0 Å². The first-order chi connectivity index (χ1) is 11.8. The van der Waals surface area contributed by atoms with E-state index >= 15 is 0 Å². The first-order valence-corrected chi connectivity index (χ1v) is 9.38. The summed E-state index contributed by atoms with van der Waals surface area (Å²) < 4.78 is 11.6. The van der Waals surface area contributed by atoms with E-state index < -0.39 is 0 Å². The van der Waals surface area contributed by atoms with Gasteiger partial charge in [0.25, 0.3) is 0 Å². The van der Waals surface area contributed by atoms with Gasteiger partial charge in [-0.3, -0.25) is 9.69 Å². The Morgan fingerprint density at radius 3 is 2.46 bits per heavy atom. The van der Waals surface area contributed by atoms with Gasteiger partial charge in [-0.15, -0.1) is 0 Å². The summed E-state index contributed by atoms with van der Waals surface area (Å²) in [5.41, 5.74) is 2.12. The highest BCUT2D eigenvalue weighted by Crippen LogP contribution is 2.33.